The highest BCUT2D eigenvalue weighted by Crippen LogP contribution is 2.35. The van der Waals surface area contributed by atoms with Gasteiger partial charge < -0.3 is 20.7 Å². The molecule has 1 fully saturated rings. The summed E-state index contributed by atoms with van der Waals surface area (Å²) in [5, 5.41) is 21.0. The number of nitrogen functional groups attached to an aromatic ring is 1. The van der Waals surface area contributed by atoms with E-state index in [0.29, 0.717) is 23.4 Å². The van der Waals surface area contributed by atoms with E-state index in [-0.39, 0.29) is 0 Å². The van der Waals surface area contributed by atoms with E-state index in [0.717, 1.165) is 11.1 Å². The number of ether oxygens (including phenoxy) is 1. The van der Waals surface area contributed by atoms with Gasteiger partial charge in [0.2, 0.25) is 0 Å². The van der Waals surface area contributed by atoms with Crippen LogP contribution in [-0.2, 0) is 4.74 Å². The molecule has 10 heteroatoms. The van der Waals surface area contributed by atoms with Gasteiger partial charge in [-0.05, 0) is 0 Å². The third-order valence-corrected chi connectivity index (χ3v) is 5.45. The third kappa shape index (κ3) is 2.93. The zero-order valence-electron chi connectivity index (χ0n) is 11.5. The fraction of sp³-hybridized carbons (Fsp3) is 0.583. The molecule has 0 aromatic carbocycles. The number of nitrogens with zero attached hydrogens (tertiary/aromatic N) is 4. The summed E-state index contributed by atoms with van der Waals surface area (Å²) in [6.45, 7) is 0. The maximum Gasteiger partial charge on any atom is 0.167 e. The first kappa shape index (κ1) is 15.9. The number of rotatable bonds is 5. The minimum atomic E-state index is -0.785. The van der Waals surface area contributed by atoms with Crippen LogP contribution in [-0.4, -0.2) is 58.5 Å². The number of aliphatic hydroxyl groups is 2. The molecule has 0 aliphatic carbocycles. The molecule has 1 aliphatic rings. The van der Waals surface area contributed by atoms with Gasteiger partial charge in [0.25, 0.3) is 0 Å². The van der Waals surface area contributed by atoms with Gasteiger partial charge in [-0.1, -0.05) is 15.9 Å². The number of aromatic nitrogens is 4. The number of hydrogen-bond acceptors (Lipinski definition) is 8. The largest absolute Gasteiger partial charge is 0.390 e. The Morgan fingerprint density at radius 3 is 3.09 bits per heavy atom. The summed E-state index contributed by atoms with van der Waals surface area (Å²) in [5.74, 6) is 1.03. The van der Waals surface area contributed by atoms with Crippen LogP contribution in [0.3, 0.4) is 0 Å². The first-order valence-corrected chi connectivity index (χ1v) is 8.91. The average Bonchev–Trinajstić information content (AvgIpc) is 3.09. The van der Waals surface area contributed by atoms with Crippen LogP contribution in [0.2, 0.25) is 0 Å². The minimum Gasteiger partial charge on any atom is -0.390 e. The number of nitrogens with two attached hydrogens (primary N) is 1. The molecular formula is C12H16BrN5O3S. The summed E-state index contributed by atoms with van der Waals surface area (Å²) in [5.41, 5.74) is 6.02. The number of fused-ring (bicyclic) bond motifs is 1. The Kier molecular flexibility index (Phi) is 4.83. The zero-order chi connectivity index (χ0) is 15.7. The Balaban J connectivity index is 1.80. The Bertz CT molecular complexity index is 657. The monoisotopic (exact) mass is 389 g/mol. The van der Waals surface area contributed by atoms with Crippen LogP contribution >= 0.6 is 27.7 Å². The normalized spacial score (nSPS) is 26.6. The second-order valence-corrected chi connectivity index (χ2v) is 6.91. The molecule has 1 aliphatic heterocycles. The number of hydrogen-bond donors (Lipinski definition) is 3. The SMILES string of the molecule is Nc1ncnc2c1ncn2[C@H]1C[C@H](O)[C@@H](C(O)SCCBr)O1. The summed E-state index contributed by atoms with van der Waals surface area (Å²) in [7, 11) is 0. The first-order chi connectivity index (χ1) is 10.6. The van der Waals surface area contributed by atoms with Gasteiger partial charge in [-0.3, -0.25) is 4.57 Å². The molecule has 4 N–H and O–H groups in total. The van der Waals surface area contributed by atoms with E-state index in [1.54, 1.807) is 10.9 Å². The molecule has 0 amide bonds. The summed E-state index contributed by atoms with van der Waals surface area (Å²) >= 11 is 4.64. The molecule has 0 bridgehead atoms. The van der Waals surface area contributed by atoms with E-state index < -0.39 is 23.9 Å². The van der Waals surface area contributed by atoms with Crippen molar-refractivity contribution < 1.29 is 14.9 Å². The van der Waals surface area contributed by atoms with Crippen molar-refractivity contribution in [1.82, 2.24) is 19.5 Å². The second kappa shape index (κ2) is 6.67. The quantitative estimate of drug-likeness (QED) is 0.499. The molecule has 8 nitrogen and oxygen atoms in total. The van der Waals surface area contributed by atoms with Crippen LogP contribution in [0.1, 0.15) is 12.6 Å². The predicted molar refractivity (Wildman–Crippen MR) is 86.5 cm³/mol. The third-order valence-electron chi connectivity index (χ3n) is 3.48. The number of aliphatic hydroxyl groups excluding tert-OH is 2. The van der Waals surface area contributed by atoms with Crippen LogP contribution in [0.5, 0.6) is 0 Å². The number of imidazole rings is 1. The maximum absolute atomic E-state index is 10.2. The summed E-state index contributed by atoms with van der Waals surface area (Å²) < 4.78 is 7.52. The summed E-state index contributed by atoms with van der Waals surface area (Å²) in [6, 6.07) is 0. The van der Waals surface area contributed by atoms with Gasteiger partial charge >= 0.3 is 0 Å². The van der Waals surface area contributed by atoms with Crippen LogP contribution < -0.4 is 5.73 Å². The topological polar surface area (TPSA) is 119 Å². The molecular weight excluding hydrogens is 374 g/mol. The Morgan fingerprint density at radius 1 is 1.50 bits per heavy atom. The summed E-state index contributed by atoms with van der Waals surface area (Å²) in [4.78, 5) is 12.2. The Hall–Kier alpha value is -0.940. The van der Waals surface area contributed by atoms with E-state index in [1.807, 2.05) is 0 Å². The molecule has 2 aromatic rings. The van der Waals surface area contributed by atoms with Crippen molar-refractivity contribution in [1.29, 1.82) is 0 Å². The minimum absolute atomic E-state index is 0.298. The van der Waals surface area contributed by atoms with Crippen molar-refractivity contribution in [2.75, 3.05) is 16.8 Å². The van der Waals surface area contributed by atoms with Gasteiger partial charge in [0.1, 0.15) is 29.6 Å². The lowest BCUT2D eigenvalue weighted by atomic mass is 10.2. The smallest absolute Gasteiger partial charge is 0.167 e. The first-order valence-electron chi connectivity index (χ1n) is 6.74. The molecule has 22 heavy (non-hydrogen) atoms. The van der Waals surface area contributed by atoms with Crippen molar-refractivity contribution in [2.45, 2.75) is 30.3 Å². The van der Waals surface area contributed by atoms with E-state index >= 15 is 0 Å². The van der Waals surface area contributed by atoms with E-state index in [2.05, 4.69) is 30.9 Å². The predicted octanol–water partition coefficient (Wildman–Crippen LogP) is 0.503. The van der Waals surface area contributed by atoms with Gasteiger partial charge in [0.05, 0.1) is 12.4 Å². The van der Waals surface area contributed by atoms with Crippen molar-refractivity contribution >= 4 is 44.7 Å². The molecule has 2 aromatic heterocycles. The highest BCUT2D eigenvalue weighted by Gasteiger charge is 2.40. The number of alkyl halides is 1. The van der Waals surface area contributed by atoms with Gasteiger partial charge in [0.15, 0.2) is 11.5 Å². The molecule has 1 unspecified atom stereocenters. The Morgan fingerprint density at radius 2 is 2.32 bits per heavy atom. The number of thioether (sulfide) groups is 1. The molecule has 3 heterocycles. The van der Waals surface area contributed by atoms with Gasteiger partial charge in [0, 0.05) is 17.5 Å². The number of halogens is 1. The van der Waals surface area contributed by atoms with Crippen molar-refractivity contribution in [3.8, 4) is 0 Å². The zero-order valence-corrected chi connectivity index (χ0v) is 13.9. The highest BCUT2D eigenvalue weighted by atomic mass is 79.9. The average molecular weight is 390 g/mol. The standard InChI is InChI=1S/C12H16BrN5O3S/c13-1-2-22-12(20)9-6(19)3-7(21-9)18-5-17-8-10(14)15-4-16-11(8)18/h4-7,9,12,19-20H,1-3H2,(H2,14,15,16)/t6-,7+,9-,12?/m0/s1. The van der Waals surface area contributed by atoms with E-state index in [4.69, 9.17) is 10.5 Å². The molecule has 4 atom stereocenters. The fourth-order valence-corrected chi connectivity index (χ4v) is 3.77. The number of anilines is 1. The molecule has 120 valence electrons. The summed E-state index contributed by atoms with van der Waals surface area (Å²) in [6.07, 6.45) is 1.43. The van der Waals surface area contributed by atoms with E-state index in [1.165, 1.54) is 18.1 Å². The van der Waals surface area contributed by atoms with Crippen LogP contribution in [0.4, 0.5) is 5.82 Å². The highest BCUT2D eigenvalue weighted by molar-refractivity contribution is 9.09. The fourth-order valence-electron chi connectivity index (χ4n) is 2.45. The van der Waals surface area contributed by atoms with E-state index in [9.17, 15) is 10.2 Å². The molecule has 3 rings (SSSR count). The lowest BCUT2D eigenvalue weighted by Crippen LogP contribution is -2.32. The van der Waals surface area contributed by atoms with Crippen molar-refractivity contribution in [3.05, 3.63) is 12.7 Å². The lowest BCUT2D eigenvalue weighted by Gasteiger charge is -2.20. The molecule has 0 saturated carbocycles. The molecule has 0 radical (unpaired) electrons. The van der Waals surface area contributed by atoms with Gasteiger partial charge in [-0.2, -0.15) is 0 Å². The van der Waals surface area contributed by atoms with Crippen molar-refractivity contribution in [2.24, 2.45) is 0 Å². The molecule has 0 spiro atoms. The maximum atomic E-state index is 10.2. The van der Waals surface area contributed by atoms with Gasteiger partial charge in [-0.25, -0.2) is 15.0 Å². The van der Waals surface area contributed by atoms with Crippen LogP contribution in [0.15, 0.2) is 12.7 Å². The van der Waals surface area contributed by atoms with Crippen LogP contribution in [0, 0.1) is 0 Å². The molecule has 1 saturated heterocycles. The van der Waals surface area contributed by atoms with Crippen LogP contribution in [0.25, 0.3) is 11.2 Å². The second-order valence-electron chi connectivity index (χ2n) is 4.89. The van der Waals surface area contributed by atoms with Crippen molar-refractivity contribution in [3.63, 3.8) is 0 Å². The lowest BCUT2D eigenvalue weighted by molar-refractivity contribution is -0.0538. The van der Waals surface area contributed by atoms with Gasteiger partial charge in [-0.15, -0.1) is 11.8 Å². The Labute approximate surface area is 139 Å².